The van der Waals surface area contributed by atoms with Gasteiger partial charge in [-0.05, 0) is 68.5 Å². The number of furan rings is 1. The van der Waals surface area contributed by atoms with E-state index in [1.807, 2.05) is 0 Å². The van der Waals surface area contributed by atoms with Crippen LogP contribution in [0.5, 0.6) is 0 Å². The number of carbonyl (C=O) groups is 3. The molecule has 214 valence electrons. The molecule has 40 heavy (non-hydrogen) atoms. The standard InChI is InChI=1S/C27H31FN4O7S/c1-4-40(36,37)31-24-17(7-5-9-21(33)32-14-6-8-20(32)27(35)38-3)15-19-22(25(34)29-2)23(39-26(19)30-24)16-10-12-18(28)13-11-16/h10-13,15,20H,4-9,14H2,1-3H3,(H,29,34)(H,30,31). The van der Waals surface area contributed by atoms with Gasteiger partial charge in [-0.1, -0.05) is 0 Å². The fourth-order valence-corrected chi connectivity index (χ4v) is 5.35. The Morgan fingerprint density at radius 2 is 1.95 bits per heavy atom. The smallest absolute Gasteiger partial charge is 0.328 e. The SMILES string of the molecule is CCS(=O)(=O)Nc1nc2oc(-c3ccc(F)cc3)c(C(=O)NC)c2cc1CCCC(=O)N1CCCC1C(=O)OC. The number of esters is 1. The lowest BCUT2D eigenvalue weighted by Crippen LogP contribution is -2.41. The molecule has 3 aromatic rings. The number of aryl methyl sites for hydroxylation is 1. The summed E-state index contributed by atoms with van der Waals surface area (Å²) in [4.78, 5) is 43.8. The lowest BCUT2D eigenvalue weighted by Gasteiger charge is -2.22. The Bertz CT molecular complexity index is 1540. The molecule has 11 nitrogen and oxygen atoms in total. The number of carbonyl (C=O) groups excluding carboxylic acids is 3. The largest absolute Gasteiger partial charge is 0.467 e. The van der Waals surface area contributed by atoms with Gasteiger partial charge in [-0.25, -0.2) is 17.6 Å². The van der Waals surface area contributed by atoms with Gasteiger partial charge in [0.1, 0.15) is 23.4 Å². The molecule has 0 saturated carbocycles. The minimum Gasteiger partial charge on any atom is -0.467 e. The maximum atomic E-state index is 13.5. The minimum absolute atomic E-state index is 0.0181. The van der Waals surface area contributed by atoms with Gasteiger partial charge in [0.15, 0.2) is 0 Å². The van der Waals surface area contributed by atoms with Crippen LogP contribution in [0.3, 0.4) is 0 Å². The van der Waals surface area contributed by atoms with E-state index in [0.29, 0.717) is 42.3 Å². The highest BCUT2D eigenvalue weighted by atomic mass is 32.2. The molecule has 1 atom stereocenters. The number of ether oxygens (including phenoxy) is 1. The van der Waals surface area contributed by atoms with Gasteiger partial charge < -0.3 is 19.4 Å². The third-order valence-electron chi connectivity index (χ3n) is 6.84. The Morgan fingerprint density at radius 3 is 2.60 bits per heavy atom. The number of nitrogens with zero attached hydrogens (tertiary/aromatic N) is 2. The Balaban J connectivity index is 1.69. The molecule has 1 fully saturated rings. The van der Waals surface area contributed by atoms with Crippen LogP contribution in [-0.2, 0) is 30.8 Å². The average molecular weight is 575 g/mol. The summed E-state index contributed by atoms with van der Waals surface area (Å²) in [7, 11) is -0.976. The molecule has 1 saturated heterocycles. The van der Waals surface area contributed by atoms with Crippen LogP contribution in [-0.4, -0.2) is 68.6 Å². The van der Waals surface area contributed by atoms with Gasteiger partial charge in [0.25, 0.3) is 5.91 Å². The average Bonchev–Trinajstić information content (AvgIpc) is 3.58. The van der Waals surface area contributed by atoms with Crippen LogP contribution in [0.25, 0.3) is 22.4 Å². The summed E-state index contributed by atoms with van der Waals surface area (Å²) in [6.45, 7) is 1.94. The number of nitrogens with one attached hydrogen (secondary N) is 2. The molecule has 3 heterocycles. The second-order valence-corrected chi connectivity index (χ2v) is 11.4. The van der Waals surface area contributed by atoms with E-state index in [-0.39, 0.29) is 47.4 Å². The van der Waals surface area contributed by atoms with E-state index < -0.39 is 33.8 Å². The van der Waals surface area contributed by atoms with Crippen molar-refractivity contribution in [2.75, 3.05) is 31.2 Å². The number of methoxy groups -OCH3 is 1. The van der Waals surface area contributed by atoms with Gasteiger partial charge in [0.05, 0.1) is 23.8 Å². The highest BCUT2D eigenvalue weighted by Gasteiger charge is 2.34. The fourth-order valence-electron chi connectivity index (χ4n) is 4.74. The van der Waals surface area contributed by atoms with Crippen LogP contribution in [0.15, 0.2) is 34.7 Å². The van der Waals surface area contributed by atoms with Gasteiger partial charge in [-0.2, -0.15) is 4.98 Å². The maximum absolute atomic E-state index is 13.5. The molecule has 0 radical (unpaired) electrons. The van der Waals surface area contributed by atoms with Crippen molar-refractivity contribution in [3.63, 3.8) is 0 Å². The van der Waals surface area contributed by atoms with Crippen molar-refractivity contribution in [3.8, 4) is 11.3 Å². The lowest BCUT2D eigenvalue weighted by atomic mass is 10.0. The normalized spacial score (nSPS) is 15.3. The molecule has 2 aromatic heterocycles. The number of amides is 2. The topological polar surface area (TPSA) is 148 Å². The third kappa shape index (κ3) is 6.09. The molecule has 2 N–H and O–H groups in total. The van der Waals surface area contributed by atoms with Gasteiger partial charge in [-0.15, -0.1) is 0 Å². The summed E-state index contributed by atoms with van der Waals surface area (Å²) in [6, 6.07) is 6.41. The number of sulfonamides is 1. The monoisotopic (exact) mass is 574 g/mol. The first-order valence-electron chi connectivity index (χ1n) is 12.9. The lowest BCUT2D eigenvalue weighted by molar-refractivity contribution is -0.151. The number of benzene rings is 1. The van der Waals surface area contributed by atoms with Crippen LogP contribution >= 0.6 is 0 Å². The minimum atomic E-state index is -3.72. The van der Waals surface area contributed by atoms with E-state index in [1.165, 1.54) is 50.2 Å². The summed E-state index contributed by atoms with van der Waals surface area (Å²) in [6.07, 6.45) is 1.93. The Kier molecular flexibility index (Phi) is 8.72. The molecule has 1 aromatic carbocycles. The number of pyridine rings is 1. The van der Waals surface area contributed by atoms with Crippen molar-refractivity contribution >= 4 is 44.7 Å². The second kappa shape index (κ2) is 12.0. The molecule has 0 spiro atoms. The van der Waals surface area contributed by atoms with Gasteiger partial charge in [0, 0.05) is 25.6 Å². The number of fused-ring (bicyclic) bond motifs is 1. The van der Waals surface area contributed by atoms with Crippen LogP contribution < -0.4 is 10.0 Å². The zero-order valence-electron chi connectivity index (χ0n) is 22.5. The molecule has 1 aliphatic heterocycles. The summed E-state index contributed by atoms with van der Waals surface area (Å²) < 4.78 is 51.6. The molecule has 0 bridgehead atoms. The number of halogens is 1. The predicted octanol–water partition coefficient (Wildman–Crippen LogP) is 3.24. The maximum Gasteiger partial charge on any atom is 0.328 e. The van der Waals surface area contributed by atoms with E-state index in [1.54, 1.807) is 6.07 Å². The number of anilines is 1. The molecule has 1 aliphatic rings. The molecule has 1 unspecified atom stereocenters. The van der Waals surface area contributed by atoms with Crippen molar-refractivity contribution in [1.29, 1.82) is 0 Å². The first kappa shape index (κ1) is 29.0. The van der Waals surface area contributed by atoms with Gasteiger partial charge in [0.2, 0.25) is 21.6 Å². The third-order valence-corrected chi connectivity index (χ3v) is 8.10. The number of rotatable bonds is 10. The molecule has 4 rings (SSSR count). The fraction of sp³-hybridized carbons (Fsp3) is 0.407. The Hall–Kier alpha value is -4.00. The van der Waals surface area contributed by atoms with Gasteiger partial charge in [-0.3, -0.25) is 14.3 Å². The van der Waals surface area contributed by atoms with Crippen molar-refractivity contribution in [2.24, 2.45) is 0 Å². The van der Waals surface area contributed by atoms with Crippen molar-refractivity contribution in [3.05, 3.63) is 47.3 Å². The predicted molar refractivity (Wildman–Crippen MR) is 146 cm³/mol. The van der Waals surface area contributed by atoms with E-state index >= 15 is 0 Å². The van der Waals surface area contributed by atoms with Gasteiger partial charge >= 0.3 is 5.97 Å². The van der Waals surface area contributed by atoms with E-state index in [9.17, 15) is 27.2 Å². The molecular weight excluding hydrogens is 543 g/mol. The number of likely N-dealkylation sites (tertiary alicyclic amines) is 1. The Morgan fingerprint density at radius 1 is 1.23 bits per heavy atom. The molecule has 2 amide bonds. The number of hydrogen-bond donors (Lipinski definition) is 2. The highest BCUT2D eigenvalue weighted by Crippen LogP contribution is 2.35. The first-order valence-corrected chi connectivity index (χ1v) is 14.6. The number of hydrogen-bond acceptors (Lipinski definition) is 8. The second-order valence-electron chi connectivity index (χ2n) is 9.37. The zero-order chi connectivity index (χ0) is 29.0. The summed E-state index contributed by atoms with van der Waals surface area (Å²) in [5, 5.41) is 2.91. The zero-order valence-corrected chi connectivity index (χ0v) is 23.3. The van der Waals surface area contributed by atoms with Crippen molar-refractivity contribution < 1.29 is 36.3 Å². The summed E-state index contributed by atoms with van der Waals surface area (Å²) in [5.74, 6) is -1.59. The van der Waals surface area contributed by atoms with E-state index in [2.05, 4.69) is 15.0 Å². The van der Waals surface area contributed by atoms with Crippen LogP contribution in [0.4, 0.5) is 10.2 Å². The molecule has 0 aliphatic carbocycles. The van der Waals surface area contributed by atoms with Crippen molar-refractivity contribution in [1.82, 2.24) is 15.2 Å². The van der Waals surface area contributed by atoms with Crippen LogP contribution in [0.2, 0.25) is 0 Å². The quantitative estimate of drug-likeness (QED) is 0.351. The summed E-state index contributed by atoms with van der Waals surface area (Å²) in [5.41, 5.74) is 1.08. The van der Waals surface area contributed by atoms with E-state index in [4.69, 9.17) is 9.15 Å². The molecule has 13 heteroatoms. The first-order chi connectivity index (χ1) is 19.1. The number of aromatic nitrogens is 1. The van der Waals surface area contributed by atoms with E-state index in [0.717, 1.165) is 0 Å². The molecular formula is C27H31FN4O7S. The highest BCUT2D eigenvalue weighted by molar-refractivity contribution is 7.92. The Labute approximate surface area is 231 Å². The van der Waals surface area contributed by atoms with Crippen molar-refractivity contribution in [2.45, 2.75) is 45.1 Å². The van der Waals surface area contributed by atoms with Crippen LogP contribution in [0, 0.1) is 5.82 Å². The summed E-state index contributed by atoms with van der Waals surface area (Å²) >= 11 is 0. The van der Waals surface area contributed by atoms with Crippen LogP contribution in [0.1, 0.15) is 48.5 Å².